The quantitative estimate of drug-likeness (QED) is 0.552. The summed E-state index contributed by atoms with van der Waals surface area (Å²) in [5.41, 5.74) is 1.05. The molecule has 0 spiro atoms. The van der Waals surface area contributed by atoms with Gasteiger partial charge in [-0.05, 0) is 41.3 Å². The van der Waals surface area contributed by atoms with Crippen LogP contribution in [-0.4, -0.2) is 24.3 Å². The Morgan fingerprint density at radius 2 is 1.73 bits per heavy atom. The maximum atomic E-state index is 13.0. The first kappa shape index (κ1) is 21.8. The van der Waals surface area contributed by atoms with Gasteiger partial charge in [0, 0.05) is 17.8 Å². The number of sulfonamides is 1. The smallest absolute Gasteiger partial charge is 0.261 e. The van der Waals surface area contributed by atoms with Gasteiger partial charge in [-0.15, -0.1) is 0 Å². The van der Waals surface area contributed by atoms with Crippen LogP contribution in [0.5, 0.6) is 5.88 Å². The highest BCUT2D eigenvalue weighted by Gasteiger charge is 2.23. The number of pyridine rings is 1. The predicted molar refractivity (Wildman–Crippen MR) is 117 cm³/mol. The number of benzene rings is 2. The second-order valence-electron chi connectivity index (χ2n) is 7.77. The Labute approximate surface area is 180 Å². The molecule has 0 aliphatic carbocycles. The van der Waals surface area contributed by atoms with E-state index in [2.05, 4.69) is 9.71 Å². The van der Waals surface area contributed by atoms with Gasteiger partial charge in [0.15, 0.2) is 5.78 Å². The van der Waals surface area contributed by atoms with Crippen LogP contribution in [0.2, 0.25) is 5.02 Å². The Hall–Kier alpha value is -2.90. The third-order valence-corrected chi connectivity index (χ3v) is 6.22. The molecule has 2 aromatic carbocycles. The molecule has 0 aliphatic rings. The molecular formula is C22H21ClN2O4S. The van der Waals surface area contributed by atoms with Gasteiger partial charge in [0.05, 0.1) is 21.2 Å². The number of halogens is 1. The second-order valence-corrected chi connectivity index (χ2v) is 9.86. The predicted octanol–water partition coefficient (Wildman–Crippen LogP) is 4.77. The minimum atomic E-state index is -3.96. The SMILES string of the molecule is CC(C)(C)c1ccc(S(=O)(=O)Nc2cccc(Cl)c2C(=O)c2ccnc(O)c2)cc1. The molecule has 3 aromatic rings. The normalized spacial score (nSPS) is 11.9. The van der Waals surface area contributed by atoms with Gasteiger partial charge in [-0.25, -0.2) is 13.4 Å². The Morgan fingerprint density at radius 3 is 2.33 bits per heavy atom. The highest BCUT2D eigenvalue weighted by Crippen LogP contribution is 2.30. The number of hydrogen-bond donors (Lipinski definition) is 2. The fourth-order valence-electron chi connectivity index (χ4n) is 2.88. The molecule has 0 fully saturated rings. The maximum absolute atomic E-state index is 13.0. The van der Waals surface area contributed by atoms with E-state index in [-0.39, 0.29) is 38.0 Å². The molecule has 0 amide bonds. The van der Waals surface area contributed by atoms with E-state index in [0.717, 1.165) is 5.56 Å². The molecule has 2 N–H and O–H groups in total. The summed E-state index contributed by atoms with van der Waals surface area (Å²) in [6, 6.07) is 13.7. The molecular weight excluding hydrogens is 424 g/mol. The monoisotopic (exact) mass is 444 g/mol. The second kappa shape index (κ2) is 8.08. The summed E-state index contributed by atoms with van der Waals surface area (Å²) in [4.78, 5) is 16.7. The van der Waals surface area contributed by atoms with Crippen LogP contribution in [0.25, 0.3) is 0 Å². The average Bonchev–Trinajstić information content (AvgIpc) is 2.67. The van der Waals surface area contributed by atoms with Crippen molar-refractivity contribution in [3.05, 3.63) is 82.5 Å². The average molecular weight is 445 g/mol. The topological polar surface area (TPSA) is 96.4 Å². The number of ketones is 1. The number of aromatic hydroxyl groups is 1. The molecule has 8 heteroatoms. The van der Waals surface area contributed by atoms with Gasteiger partial charge in [0.2, 0.25) is 5.88 Å². The van der Waals surface area contributed by atoms with Crippen molar-refractivity contribution in [3.8, 4) is 5.88 Å². The van der Waals surface area contributed by atoms with Gasteiger partial charge in [0.25, 0.3) is 10.0 Å². The first-order valence-electron chi connectivity index (χ1n) is 9.10. The Balaban J connectivity index is 1.99. The summed E-state index contributed by atoms with van der Waals surface area (Å²) in [5, 5.41) is 9.64. The molecule has 0 radical (unpaired) electrons. The van der Waals surface area contributed by atoms with Crippen molar-refractivity contribution < 1.29 is 18.3 Å². The Kier molecular flexibility index (Phi) is 5.87. The minimum absolute atomic E-state index is 0.0142. The van der Waals surface area contributed by atoms with E-state index in [4.69, 9.17) is 11.6 Å². The van der Waals surface area contributed by atoms with Crippen LogP contribution in [0.1, 0.15) is 42.3 Å². The number of aromatic nitrogens is 1. The van der Waals surface area contributed by atoms with Crippen molar-refractivity contribution in [1.82, 2.24) is 4.98 Å². The molecule has 0 saturated carbocycles. The zero-order valence-corrected chi connectivity index (χ0v) is 18.3. The van der Waals surface area contributed by atoms with E-state index in [0.29, 0.717) is 0 Å². The Bertz CT molecular complexity index is 1200. The van der Waals surface area contributed by atoms with E-state index < -0.39 is 15.8 Å². The van der Waals surface area contributed by atoms with Gasteiger partial charge in [-0.3, -0.25) is 9.52 Å². The summed E-state index contributed by atoms with van der Waals surface area (Å²) >= 11 is 6.23. The number of rotatable bonds is 5. The van der Waals surface area contributed by atoms with Crippen LogP contribution in [0.3, 0.4) is 0 Å². The van der Waals surface area contributed by atoms with Gasteiger partial charge < -0.3 is 5.11 Å². The molecule has 0 unspecified atom stereocenters. The van der Waals surface area contributed by atoms with Gasteiger partial charge in [-0.1, -0.05) is 50.6 Å². The number of hydrogen-bond acceptors (Lipinski definition) is 5. The number of nitrogens with one attached hydrogen (secondary N) is 1. The van der Waals surface area contributed by atoms with Gasteiger partial charge in [-0.2, -0.15) is 0 Å². The maximum Gasteiger partial charge on any atom is 0.261 e. The molecule has 0 atom stereocenters. The third-order valence-electron chi connectivity index (χ3n) is 4.52. The largest absolute Gasteiger partial charge is 0.493 e. The fraction of sp³-hybridized carbons (Fsp3) is 0.182. The number of carbonyl (C=O) groups excluding carboxylic acids is 1. The van der Waals surface area contributed by atoms with E-state index in [1.165, 1.54) is 42.6 Å². The molecule has 1 heterocycles. The van der Waals surface area contributed by atoms with E-state index >= 15 is 0 Å². The van der Waals surface area contributed by atoms with E-state index in [9.17, 15) is 18.3 Å². The van der Waals surface area contributed by atoms with Gasteiger partial charge in [0.1, 0.15) is 0 Å². The number of carbonyl (C=O) groups is 1. The summed E-state index contributed by atoms with van der Waals surface area (Å²) in [6.07, 6.45) is 1.28. The van der Waals surface area contributed by atoms with Crippen molar-refractivity contribution in [3.63, 3.8) is 0 Å². The summed E-state index contributed by atoms with van der Waals surface area (Å²) in [6.45, 7) is 6.11. The van der Waals surface area contributed by atoms with Crippen molar-refractivity contribution in [2.75, 3.05) is 4.72 Å². The van der Waals surface area contributed by atoms with Crippen molar-refractivity contribution >= 4 is 33.1 Å². The molecule has 3 rings (SSSR count). The molecule has 6 nitrogen and oxygen atoms in total. The number of anilines is 1. The van der Waals surface area contributed by atoms with Crippen LogP contribution < -0.4 is 4.72 Å². The van der Waals surface area contributed by atoms with E-state index in [1.807, 2.05) is 20.8 Å². The summed E-state index contributed by atoms with van der Waals surface area (Å²) < 4.78 is 28.3. The minimum Gasteiger partial charge on any atom is -0.493 e. The number of nitrogens with zero attached hydrogens (tertiary/aromatic N) is 1. The van der Waals surface area contributed by atoms with Crippen LogP contribution in [-0.2, 0) is 15.4 Å². The summed E-state index contributed by atoms with van der Waals surface area (Å²) in [7, 11) is -3.96. The summed E-state index contributed by atoms with van der Waals surface area (Å²) in [5.74, 6) is -0.868. The standard InChI is InChI=1S/C22H21ClN2O4S/c1-22(2,3)15-7-9-16(10-8-15)30(28,29)25-18-6-4-5-17(23)20(18)21(27)14-11-12-24-19(26)13-14/h4-13,25H,1-3H3,(H,24,26). The van der Waals surface area contributed by atoms with Crippen molar-refractivity contribution in [2.45, 2.75) is 31.1 Å². The van der Waals surface area contributed by atoms with E-state index in [1.54, 1.807) is 18.2 Å². The highest BCUT2D eigenvalue weighted by atomic mass is 35.5. The lowest BCUT2D eigenvalue weighted by atomic mass is 9.87. The van der Waals surface area contributed by atoms with Crippen LogP contribution in [0.15, 0.2) is 65.7 Å². The molecule has 1 aromatic heterocycles. The van der Waals surface area contributed by atoms with Crippen molar-refractivity contribution in [1.29, 1.82) is 0 Å². The molecule has 0 bridgehead atoms. The first-order valence-corrected chi connectivity index (χ1v) is 11.0. The third kappa shape index (κ3) is 4.63. The Morgan fingerprint density at radius 1 is 1.07 bits per heavy atom. The highest BCUT2D eigenvalue weighted by molar-refractivity contribution is 7.92. The molecule has 0 saturated heterocycles. The molecule has 30 heavy (non-hydrogen) atoms. The molecule has 0 aliphatic heterocycles. The van der Waals surface area contributed by atoms with Crippen LogP contribution in [0.4, 0.5) is 5.69 Å². The lowest BCUT2D eigenvalue weighted by molar-refractivity contribution is 0.103. The lowest BCUT2D eigenvalue weighted by Gasteiger charge is -2.19. The fourth-order valence-corrected chi connectivity index (χ4v) is 4.21. The zero-order chi connectivity index (χ0) is 22.1. The lowest BCUT2D eigenvalue weighted by Crippen LogP contribution is -2.17. The van der Waals surface area contributed by atoms with Crippen LogP contribution >= 0.6 is 11.6 Å². The molecule has 156 valence electrons. The zero-order valence-electron chi connectivity index (χ0n) is 16.7. The van der Waals surface area contributed by atoms with Crippen LogP contribution in [0, 0.1) is 0 Å². The van der Waals surface area contributed by atoms with Crippen molar-refractivity contribution in [2.24, 2.45) is 0 Å². The van der Waals surface area contributed by atoms with Gasteiger partial charge >= 0.3 is 0 Å². The first-order chi connectivity index (χ1) is 14.0.